The van der Waals surface area contributed by atoms with Crippen molar-refractivity contribution in [2.45, 2.75) is 51.3 Å². The predicted octanol–water partition coefficient (Wildman–Crippen LogP) is 6.38. The molecule has 0 aliphatic rings. The van der Waals surface area contributed by atoms with Gasteiger partial charge in [0.15, 0.2) is 0 Å². The zero-order valence-electron chi connectivity index (χ0n) is 18.9. The van der Waals surface area contributed by atoms with E-state index in [1.165, 1.54) is 6.92 Å². The molecule has 32 heavy (non-hydrogen) atoms. The molecule has 0 saturated carbocycles. The molecular formula is C24H30ClNO5S. The first-order valence-electron chi connectivity index (χ1n) is 10.6. The standard InChI is InChI=1S/C24H30ClNO5S/c1-5-8-19-22(11-10-18(24(19)29-4)21(6-2)26-28)30-13-7-14-32-23-12-9-17(15-20(23)25)31-16(3)27/h9-12,15,28H,5-8,13-14H2,1-4H3. The van der Waals surface area contributed by atoms with Gasteiger partial charge in [-0.25, -0.2) is 0 Å². The Kier molecular flexibility index (Phi) is 10.7. The second kappa shape index (κ2) is 13.2. The number of oxime groups is 1. The van der Waals surface area contributed by atoms with Crippen LogP contribution in [-0.4, -0.2) is 36.4 Å². The lowest BCUT2D eigenvalue weighted by atomic mass is 9.99. The highest BCUT2D eigenvalue weighted by Gasteiger charge is 2.18. The number of hydrogen-bond acceptors (Lipinski definition) is 7. The van der Waals surface area contributed by atoms with E-state index < -0.39 is 0 Å². The Bertz CT molecular complexity index is 948. The van der Waals surface area contributed by atoms with Crippen molar-refractivity contribution in [3.8, 4) is 17.2 Å². The van der Waals surface area contributed by atoms with Crippen LogP contribution in [0.15, 0.2) is 40.4 Å². The molecule has 0 saturated heterocycles. The zero-order valence-corrected chi connectivity index (χ0v) is 20.5. The molecule has 6 nitrogen and oxygen atoms in total. The van der Waals surface area contributed by atoms with Gasteiger partial charge in [0.2, 0.25) is 0 Å². The summed E-state index contributed by atoms with van der Waals surface area (Å²) in [5.74, 6) is 2.37. The molecule has 8 heteroatoms. The highest BCUT2D eigenvalue weighted by atomic mass is 35.5. The van der Waals surface area contributed by atoms with Crippen molar-refractivity contribution in [2.24, 2.45) is 5.16 Å². The molecule has 0 fully saturated rings. The summed E-state index contributed by atoms with van der Waals surface area (Å²) in [7, 11) is 1.62. The molecule has 2 rings (SSSR count). The number of benzene rings is 2. The Hall–Kier alpha value is -2.38. The van der Waals surface area contributed by atoms with Gasteiger partial charge < -0.3 is 19.4 Å². The fourth-order valence-corrected chi connectivity index (χ4v) is 4.44. The van der Waals surface area contributed by atoms with Gasteiger partial charge in [-0.2, -0.15) is 0 Å². The zero-order chi connectivity index (χ0) is 23.5. The highest BCUT2D eigenvalue weighted by Crippen LogP contribution is 2.35. The first-order chi connectivity index (χ1) is 15.4. The van der Waals surface area contributed by atoms with Gasteiger partial charge in [-0.3, -0.25) is 4.79 Å². The number of halogens is 1. The Morgan fingerprint density at radius 2 is 2.00 bits per heavy atom. The Balaban J connectivity index is 2.00. The molecule has 0 radical (unpaired) electrons. The van der Waals surface area contributed by atoms with Crippen LogP contribution in [0.3, 0.4) is 0 Å². The lowest BCUT2D eigenvalue weighted by Crippen LogP contribution is -2.08. The second-order valence-electron chi connectivity index (χ2n) is 7.01. The van der Waals surface area contributed by atoms with Crippen molar-refractivity contribution in [2.75, 3.05) is 19.5 Å². The van der Waals surface area contributed by atoms with Gasteiger partial charge in [-0.05, 0) is 43.5 Å². The average Bonchev–Trinajstić information content (AvgIpc) is 2.76. The third-order valence-electron chi connectivity index (χ3n) is 4.66. The quantitative estimate of drug-likeness (QED) is 0.0724. The number of nitrogens with zero attached hydrogens (tertiary/aromatic N) is 1. The fourth-order valence-electron chi connectivity index (χ4n) is 3.26. The molecule has 174 valence electrons. The normalized spacial score (nSPS) is 11.3. The molecule has 0 bridgehead atoms. The van der Waals surface area contributed by atoms with Crippen LogP contribution in [0.2, 0.25) is 5.02 Å². The van der Waals surface area contributed by atoms with Crippen LogP contribution in [0.25, 0.3) is 0 Å². The number of methoxy groups -OCH3 is 1. The molecule has 0 heterocycles. The number of thioether (sulfide) groups is 1. The number of rotatable bonds is 12. The summed E-state index contributed by atoms with van der Waals surface area (Å²) in [6.07, 6.45) is 3.15. The minimum atomic E-state index is -0.375. The third kappa shape index (κ3) is 7.07. The Morgan fingerprint density at radius 1 is 1.22 bits per heavy atom. The van der Waals surface area contributed by atoms with E-state index >= 15 is 0 Å². The van der Waals surface area contributed by atoms with Gasteiger partial charge in [0.1, 0.15) is 17.2 Å². The number of ether oxygens (including phenoxy) is 3. The maximum Gasteiger partial charge on any atom is 0.308 e. The van der Waals surface area contributed by atoms with E-state index in [1.54, 1.807) is 31.0 Å². The van der Waals surface area contributed by atoms with Crippen LogP contribution < -0.4 is 14.2 Å². The molecule has 0 atom stereocenters. The number of carbonyl (C=O) groups excluding carboxylic acids is 1. The lowest BCUT2D eigenvalue weighted by Gasteiger charge is -2.18. The monoisotopic (exact) mass is 479 g/mol. The molecule has 0 aliphatic carbocycles. The van der Waals surface area contributed by atoms with Crippen LogP contribution in [0.5, 0.6) is 17.2 Å². The van der Waals surface area contributed by atoms with Gasteiger partial charge in [-0.15, -0.1) is 11.8 Å². The molecule has 1 N–H and O–H groups in total. The minimum absolute atomic E-state index is 0.375. The Morgan fingerprint density at radius 3 is 2.59 bits per heavy atom. The van der Waals surface area contributed by atoms with Crippen molar-refractivity contribution in [1.29, 1.82) is 0 Å². The van der Waals surface area contributed by atoms with E-state index in [0.717, 1.165) is 46.8 Å². The van der Waals surface area contributed by atoms with E-state index in [4.69, 9.17) is 25.8 Å². The molecule has 0 aliphatic heterocycles. The first kappa shape index (κ1) is 25.9. The molecule has 0 unspecified atom stereocenters. The summed E-state index contributed by atoms with van der Waals surface area (Å²) in [5.41, 5.74) is 2.35. The predicted molar refractivity (Wildman–Crippen MR) is 129 cm³/mol. The maximum atomic E-state index is 11.0. The number of hydrogen-bond donors (Lipinski definition) is 1. The number of carbonyl (C=O) groups is 1. The largest absolute Gasteiger partial charge is 0.496 e. The van der Waals surface area contributed by atoms with E-state index in [-0.39, 0.29) is 5.97 Å². The van der Waals surface area contributed by atoms with Crippen molar-refractivity contribution in [3.63, 3.8) is 0 Å². The third-order valence-corrected chi connectivity index (χ3v) is 6.24. The van der Waals surface area contributed by atoms with Crippen LogP contribution in [0, 0.1) is 0 Å². The van der Waals surface area contributed by atoms with E-state index in [0.29, 0.717) is 35.3 Å². The summed E-state index contributed by atoms with van der Waals surface area (Å²) in [6.45, 7) is 5.94. The summed E-state index contributed by atoms with van der Waals surface area (Å²) in [6, 6.07) is 9.03. The molecule has 0 aromatic heterocycles. The summed E-state index contributed by atoms with van der Waals surface area (Å²) in [5, 5.41) is 13.3. The maximum absolute atomic E-state index is 11.0. The van der Waals surface area contributed by atoms with Gasteiger partial charge in [-0.1, -0.05) is 37.0 Å². The van der Waals surface area contributed by atoms with Gasteiger partial charge in [0.05, 0.1) is 24.5 Å². The molecule has 0 spiro atoms. The minimum Gasteiger partial charge on any atom is -0.496 e. The van der Waals surface area contributed by atoms with E-state index in [1.807, 2.05) is 25.1 Å². The van der Waals surface area contributed by atoms with E-state index in [2.05, 4.69) is 12.1 Å². The van der Waals surface area contributed by atoms with Crippen molar-refractivity contribution >= 4 is 35.0 Å². The number of esters is 1. The average molecular weight is 480 g/mol. The second-order valence-corrected chi connectivity index (χ2v) is 8.55. The molecule has 2 aromatic rings. The molecule has 2 aromatic carbocycles. The topological polar surface area (TPSA) is 77.4 Å². The van der Waals surface area contributed by atoms with Gasteiger partial charge in [0.25, 0.3) is 0 Å². The van der Waals surface area contributed by atoms with Crippen molar-refractivity contribution in [1.82, 2.24) is 0 Å². The van der Waals surface area contributed by atoms with Crippen LogP contribution in [0.1, 0.15) is 51.2 Å². The van der Waals surface area contributed by atoms with Crippen LogP contribution >= 0.6 is 23.4 Å². The Labute approximate surface area is 198 Å². The van der Waals surface area contributed by atoms with Crippen molar-refractivity contribution in [3.05, 3.63) is 46.5 Å². The summed E-state index contributed by atoms with van der Waals surface area (Å²) >= 11 is 7.91. The SMILES string of the molecule is CCCc1c(OCCCSc2ccc(OC(C)=O)cc2Cl)ccc(C(CC)=NO)c1OC. The van der Waals surface area contributed by atoms with Crippen LogP contribution in [-0.2, 0) is 11.2 Å². The smallest absolute Gasteiger partial charge is 0.308 e. The fraction of sp³-hybridized carbons (Fsp3) is 0.417. The van der Waals surface area contributed by atoms with Gasteiger partial charge in [0, 0.05) is 34.8 Å². The first-order valence-corrected chi connectivity index (χ1v) is 12.0. The highest BCUT2D eigenvalue weighted by molar-refractivity contribution is 7.99. The summed E-state index contributed by atoms with van der Waals surface area (Å²) < 4.78 is 16.8. The van der Waals surface area contributed by atoms with E-state index in [9.17, 15) is 10.0 Å². The lowest BCUT2D eigenvalue weighted by molar-refractivity contribution is -0.131. The molecule has 0 amide bonds. The van der Waals surface area contributed by atoms with Crippen LogP contribution in [0.4, 0.5) is 0 Å². The van der Waals surface area contributed by atoms with Gasteiger partial charge >= 0.3 is 5.97 Å². The van der Waals surface area contributed by atoms with Crippen molar-refractivity contribution < 1.29 is 24.2 Å². The summed E-state index contributed by atoms with van der Waals surface area (Å²) in [4.78, 5) is 12.0. The molecular weight excluding hydrogens is 450 g/mol.